The topological polar surface area (TPSA) is 86.8 Å². The second-order valence-corrected chi connectivity index (χ2v) is 14.3. The molecule has 7 nitrogen and oxygen atoms in total. The first kappa shape index (κ1) is 33.5. The number of rotatable bonds is 12. The van der Waals surface area contributed by atoms with Gasteiger partial charge in [-0.2, -0.15) is 0 Å². The van der Waals surface area contributed by atoms with Gasteiger partial charge in [0.15, 0.2) is 0 Å². The van der Waals surface area contributed by atoms with Gasteiger partial charge in [-0.25, -0.2) is 8.42 Å². The van der Waals surface area contributed by atoms with Crippen LogP contribution in [0.15, 0.2) is 108 Å². The number of amides is 2. The maximum atomic E-state index is 14.6. The van der Waals surface area contributed by atoms with Crippen LogP contribution >= 0.6 is 23.2 Å². The molecule has 0 bridgehead atoms. The largest absolute Gasteiger partial charge is 0.352 e. The quantitative estimate of drug-likeness (QED) is 0.172. The smallest absolute Gasteiger partial charge is 0.264 e. The van der Waals surface area contributed by atoms with E-state index in [4.69, 9.17) is 23.2 Å². The molecule has 0 saturated heterocycles. The number of nitrogens with zero attached hydrogens (tertiary/aromatic N) is 2. The highest BCUT2D eigenvalue weighted by Crippen LogP contribution is 2.27. The van der Waals surface area contributed by atoms with Crippen molar-refractivity contribution in [2.45, 2.75) is 62.6 Å². The van der Waals surface area contributed by atoms with Gasteiger partial charge in [0.2, 0.25) is 11.8 Å². The highest BCUT2D eigenvalue weighted by atomic mass is 35.5. The van der Waals surface area contributed by atoms with E-state index in [0.717, 1.165) is 41.1 Å². The van der Waals surface area contributed by atoms with Crippen molar-refractivity contribution in [3.05, 3.63) is 130 Å². The molecule has 4 aromatic rings. The first-order valence-electron chi connectivity index (χ1n) is 15.3. The molecule has 1 aliphatic rings. The molecular weight excluding hydrogens is 641 g/mol. The molecule has 5 rings (SSSR count). The molecule has 10 heteroatoms. The molecule has 240 valence electrons. The number of halogens is 2. The SMILES string of the molecule is Cc1ccc(N(CC(=O)N(Cc2ccc(Cl)c(Cl)c2)C(Cc2ccccc2)C(=O)NC2CCCC2)S(=O)(=O)c2ccccc2)cc1. The maximum absolute atomic E-state index is 14.6. The number of sulfonamides is 1. The Morgan fingerprint density at radius 3 is 2.09 bits per heavy atom. The highest BCUT2D eigenvalue weighted by Gasteiger charge is 2.35. The van der Waals surface area contributed by atoms with Gasteiger partial charge >= 0.3 is 0 Å². The van der Waals surface area contributed by atoms with E-state index in [9.17, 15) is 18.0 Å². The highest BCUT2D eigenvalue weighted by molar-refractivity contribution is 7.92. The minimum absolute atomic E-state index is 0.0123. The Labute approximate surface area is 281 Å². The summed E-state index contributed by atoms with van der Waals surface area (Å²) in [6, 6.07) is 28.6. The second kappa shape index (κ2) is 15.2. The van der Waals surface area contributed by atoms with Gasteiger partial charge < -0.3 is 10.2 Å². The third kappa shape index (κ3) is 8.29. The lowest BCUT2D eigenvalue weighted by molar-refractivity contribution is -0.140. The summed E-state index contributed by atoms with van der Waals surface area (Å²) in [6.07, 6.45) is 4.05. The number of hydrogen-bond donors (Lipinski definition) is 1. The molecule has 0 aliphatic heterocycles. The fraction of sp³-hybridized carbons (Fsp3) is 0.278. The van der Waals surface area contributed by atoms with Crippen LogP contribution in [-0.4, -0.2) is 43.8 Å². The Morgan fingerprint density at radius 1 is 0.826 bits per heavy atom. The fourth-order valence-corrected chi connectivity index (χ4v) is 7.47. The summed E-state index contributed by atoms with van der Waals surface area (Å²) in [5.41, 5.74) is 2.81. The van der Waals surface area contributed by atoms with E-state index in [-0.39, 0.29) is 29.8 Å². The zero-order chi connectivity index (χ0) is 32.7. The number of aryl methyl sites for hydroxylation is 1. The van der Waals surface area contributed by atoms with Crippen LogP contribution in [0.2, 0.25) is 10.0 Å². The van der Waals surface area contributed by atoms with Crippen molar-refractivity contribution in [1.29, 1.82) is 0 Å². The predicted molar refractivity (Wildman–Crippen MR) is 183 cm³/mol. The van der Waals surface area contributed by atoms with Crippen LogP contribution in [0.25, 0.3) is 0 Å². The van der Waals surface area contributed by atoms with E-state index in [0.29, 0.717) is 21.3 Å². The zero-order valence-electron chi connectivity index (χ0n) is 25.6. The van der Waals surface area contributed by atoms with Gasteiger partial charge in [-0.05, 0) is 67.3 Å². The van der Waals surface area contributed by atoms with E-state index in [2.05, 4.69) is 5.32 Å². The predicted octanol–water partition coefficient (Wildman–Crippen LogP) is 7.20. The molecule has 1 saturated carbocycles. The Balaban J connectivity index is 1.57. The van der Waals surface area contributed by atoms with Crippen LogP contribution < -0.4 is 9.62 Å². The molecule has 46 heavy (non-hydrogen) atoms. The van der Waals surface area contributed by atoms with Crippen LogP contribution in [-0.2, 0) is 32.6 Å². The van der Waals surface area contributed by atoms with Gasteiger partial charge in [0.25, 0.3) is 10.0 Å². The maximum Gasteiger partial charge on any atom is 0.264 e. The molecule has 1 aliphatic carbocycles. The first-order valence-corrected chi connectivity index (χ1v) is 17.5. The van der Waals surface area contributed by atoms with Gasteiger partial charge in [0, 0.05) is 19.0 Å². The molecule has 1 N–H and O–H groups in total. The summed E-state index contributed by atoms with van der Waals surface area (Å²) >= 11 is 12.6. The van der Waals surface area contributed by atoms with Gasteiger partial charge in [-0.3, -0.25) is 13.9 Å². The lowest BCUT2D eigenvalue weighted by Gasteiger charge is -2.34. The van der Waals surface area contributed by atoms with Gasteiger partial charge in [-0.15, -0.1) is 0 Å². The van der Waals surface area contributed by atoms with Crippen molar-refractivity contribution in [3.8, 4) is 0 Å². The summed E-state index contributed by atoms with van der Waals surface area (Å²) < 4.78 is 29.3. The standard InChI is InChI=1S/C36H37Cl2N3O4S/c1-26-16-19-30(20-17-26)41(46(44,45)31-14-6-3-7-15-31)25-35(42)40(24-28-18-21-32(37)33(38)22-28)34(23-27-10-4-2-5-11-27)36(43)39-29-12-8-9-13-29/h2-7,10-11,14-22,29,34H,8-9,12-13,23-25H2,1H3,(H,39,43). The molecule has 1 unspecified atom stereocenters. The summed E-state index contributed by atoms with van der Waals surface area (Å²) in [7, 11) is -4.16. The van der Waals surface area contributed by atoms with Crippen LogP contribution in [0.4, 0.5) is 5.69 Å². The zero-order valence-corrected chi connectivity index (χ0v) is 27.9. The normalized spacial score (nSPS) is 14.1. The Kier molecular flexibility index (Phi) is 11.0. The van der Waals surface area contributed by atoms with Crippen LogP contribution in [0.1, 0.15) is 42.4 Å². The minimum atomic E-state index is -4.16. The number of carbonyl (C=O) groups is 2. The number of nitrogens with one attached hydrogen (secondary N) is 1. The number of anilines is 1. The summed E-state index contributed by atoms with van der Waals surface area (Å²) in [6.45, 7) is 1.39. The van der Waals surface area contributed by atoms with E-state index >= 15 is 0 Å². The third-order valence-electron chi connectivity index (χ3n) is 8.24. The van der Waals surface area contributed by atoms with Crippen LogP contribution in [0.5, 0.6) is 0 Å². The first-order chi connectivity index (χ1) is 22.1. The summed E-state index contributed by atoms with van der Waals surface area (Å²) in [5.74, 6) is -0.814. The van der Waals surface area contributed by atoms with Crippen molar-refractivity contribution < 1.29 is 18.0 Å². The Morgan fingerprint density at radius 2 is 1.46 bits per heavy atom. The number of hydrogen-bond acceptors (Lipinski definition) is 4. The summed E-state index contributed by atoms with van der Waals surface area (Å²) in [4.78, 5) is 30.2. The third-order valence-corrected chi connectivity index (χ3v) is 10.8. The van der Waals surface area contributed by atoms with Crippen LogP contribution in [0, 0.1) is 6.92 Å². The molecule has 2 amide bonds. The Hall–Kier alpha value is -3.85. The van der Waals surface area contributed by atoms with Gasteiger partial charge in [0.1, 0.15) is 12.6 Å². The average molecular weight is 679 g/mol. The molecule has 4 aromatic carbocycles. The molecule has 1 atom stereocenters. The van der Waals surface area contributed by atoms with E-state index < -0.39 is 28.5 Å². The second-order valence-electron chi connectivity index (χ2n) is 11.6. The van der Waals surface area contributed by atoms with E-state index in [1.165, 1.54) is 17.0 Å². The molecular formula is C36H37Cl2N3O4S. The average Bonchev–Trinajstić information content (AvgIpc) is 3.57. The summed E-state index contributed by atoms with van der Waals surface area (Å²) in [5, 5.41) is 3.85. The van der Waals surface area contributed by atoms with Gasteiger partial charge in [0.05, 0.1) is 20.6 Å². The lowest BCUT2D eigenvalue weighted by atomic mass is 10.0. The monoisotopic (exact) mass is 677 g/mol. The Bertz CT molecular complexity index is 1750. The van der Waals surface area contributed by atoms with Crippen molar-refractivity contribution in [1.82, 2.24) is 10.2 Å². The fourth-order valence-electron chi connectivity index (χ4n) is 5.72. The molecule has 0 radical (unpaired) electrons. The number of benzene rings is 4. The van der Waals surface area contributed by atoms with Crippen molar-refractivity contribution in [2.24, 2.45) is 0 Å². The number of carbonyl (C=O) groups excluding carboxylic acids is 2. The van der Waals surface area contributed by atoms with Gasteiger partial charge in [-0.1, -0.05) is 108 Å². The molecule has 0 heterocycles. The molecule has 1 fully saturated rings. The van der Waals surface area contributed by atoms with Crippen molar-refractivity contribution in [2.75, 3.05) is 10.8 Å². The lowest BCUT2D eigenvalue weighted by Crippen LogP contribution is -2.54. The van der Waals surface area contributed by atoms with Crippen molar-refractivity contribution >= 4 is 50.7 Å². The molecule has 0 spiro atoms. The van der Waals surface area contributed by atoms with Crippen molar-refractivity contribution in [3.63, 3.8) is 0 Å². The van der Waals surface area contributed by atoms with E-state index in [1.807, 2.05) is 37.3 Å². The minimum Gasteiger partial charge on any atom is -0.352 e. The van der Waals surface area contributed by atoms with E-state index in [1.54, 1.807) is 60.7 Å². The van der Waals surface area contributed by atoms with Crippen LogP contribution in [0.3, 0.4) is 0 Å². The molecule has 0 aromatic heterocycles.